The van der Waals surface area contributed by atoms with Gasteiger partial charge in [-0.15, -0.1) is 0 Å². The number of hydrogen-bond acceptors (Lipinski definition) is 5. The highest BCUT2D eigenvalue weighted by atomic mass is 35.5. The number of anilines is 1. The van der Waals surface area contributed by atoms with Crippen molar-refractivity contribution in [3.8, 4) is 11.6 Å². The smallest absolute Gasteiger partial charge is 0.224 e. The number of ether oxygens (including phenoxy) is 1. The Bertz CT molecular complexity index is 574. The summed E-state index contributed by atoms with van der Waals surface area (Å²) in [6.07, 6.45) is 0. The second-order valence-corrected chi connectivity index (χ2v) is 4.23. The molecule has 0 saturated carbocycles. The van der Waals surface area contributed by atoms with Crippen LogP contribution >= 0.6 is 11.6 Å². The van der Waals surface area contributed by atoms with Gasteiger partial charge in [0.05, 0.1) is 5.02 Å². The van der Waals surface area contributed by atoms with Crippen molar-refractivity contribution in [2.45, 2.75) is 13.8 Å². The molecule has 94 valence electrons. The van der Waals surface area contributed by atoms with Gasteiger partial charge in [0.25, 0.3) is 0 Å². The van der Waals surface area contributed by atoms with Gasteiger partial charge in [-0.05, 0) is 31.5 Å². The van der Waals surface area contributed by atoms with E-state index in [0.717, 1.165) is 5.56 Å². The Labute approximate surface area is 110 Å². The molecule has 0 atom stereocenters. The predicted molar refractivity (Wildman–Crippen MR) is 70.8 cm³/mol. The maximum absolute atomic E-state index is 6.05. The van der Waals surface area contributed by atoms with Crippen LogP contribution < -0.4 is 16.0 Å². The Balaban J connectivity index is 2.33. The third-order valence-electron chi connectivity index (χ3n) is 2.26. The van der Waals surface area contributed by atoms with Gasteiger partial charge in [-0.3, -0.25) is 0 Å². The van der Waals surface area contributed by atoms with E-state index in [4.69, 9.17) is 22.2 Å². The van der Waals surface area contributed by atoms with Crippen molar-refractivity contribution in [3.05, 3.63) is 40.7 Å². The van der Waals surface area contributed by atoms with Crippen LogP contribution in [0.1, 0.15) is 11.4 Å². The molecule has 0 aliphatic carbocycles. The number of hydrogen-bond donors (Lipinski definition) is 2. The SMILES string of the molecule is Cc1ccc(Cl)c(Oc2cc(NN)nc(C)n2)c1. The van der Waals surface area contributed by atoms with E-state index in [-0.39, 0.29) is 0 Å². The molecule has 0 saturated heterocycles. The molecule has 2 rings (SSSR count). The van der Waals surface area contributed by atoms with E-state index in [9.17, 15) is 0 Å². The highest BCUT2D eigenvalue weighted by Gasteiger charge is 2.07. The normalized spacial score (nSPS) is 10.2. The van der Waals surface area contributed by atoms with Crippen molar-refractivity contribution in [1.82, 2.24) is 9.97 Å². The zero-order valence-electron chi connectivity index (χ0n) is 10.1. The first-order chi connectivity index (χ1) is 8.58. The lowest BCUT2D eigenvalue weighted by atomic mass is 10.2. The summed E-state index contributed by atoms with van der Waals surface area (Å²) >= 11 is 6.05. The van der Waals surface area contributed by atoms with E-state index in [0.29, 0.717) is 28.3 Å². The molecule has 1 heterocycles. The van der Waals surface area contributed by atoms with Crippen LogP contribution in [0.4, 0.5) is 5.82 Å². The maximum atomic E-state index is 6.05. The van der Waals surface area contributed by atoms with Crippen LogP contribution in [0.2, 0.25) is 5.02 Å². The Morgan fingerprint density at radius 3 is 2.72 bits per heavy atom. The molecule has 18 heavy (non-hydrogen) atoms. The van der Waals surface area contributed by atoms with E-state index >= 15 is 0 Å². The molecular weight excluding hydrogens is 252 g/mol. The van der Waals surface area contributed by atoms with E-state index in [1.165, 1.54) is 0 Å². The first kappa shape index (κ1) is 12.6. The van der Waals surface area contributed by atoms with E-state index in [2.05, 4.69) is 15.4 Å². The number of halogens is 1. The highest BCUT2D eigenvalue weighted by Crippen LogP contribution is 2.29. The number of aryl methyl sites for hydroxylation is 2. The Kier molecular flexibility index (Phi) is 3.64. The largest absolute Gasteiger partial charge is 0.437 e. The highest BCUT2D eigenvalue weighted by molar-refractivity contribution is 6.32. The fourth-order valence-corrected chi connectivity index (χ4v) is 1.62. The molecule has 1 aromatic heterocycles. The van der Waals surface area contributed by atoms with Crippen molar-refractivity contribution in [3.63, 3.8) is 0 Å². The molecule has 0 aliphatic rings. The first-order valence-corrected chi connectivity index (χ1v) is 5.72. The number of nitrogens with two attached hydrogens (primary N) is 1. The average molecular weight is 265 g/mol. The van der Waals surface area contributed by atoms with Gasteiger partial charge in [0.1, 0.15) is 17.4 Å². The summed E-state index contributed by atoms with van der Waals surface area (Å²) in [5, 5.41) is 0.527. The zero-order chi connectivity index (χ0) is 13.1. The Morgan fingerprint density at radius 1 is 1.22 bits per heavy atom. The zero-order valence-corrected chi connectivity index (χ0v) is 10.8. The van der Waals surface area contributed by atoms with Gasteiger partial charge in [-0.2, -0.15) is 4.98 Å². The van der Waals surface area contributed by atoms with Gasteiger partial charge in [-0.25, -0.2) is 10.8 Å². The van der Waals surface area contributed by atoms with Crippen molar-refractivity contribution in [2.75, 3.05) is 5.43 Å². The van der Waals surface area contributed by atoms with Crippen LogP contribution in [0.5, 0.6) is 11.6 Å². The molecule has 0 aliphatic heterocycles. The molecular formula is C12H13ClN4O. The number of aromatic nitrogens is 2. The molecule has 0 unspecified atom stereocenters. The van der Waals surface area contributed by atoms with Crippen LogP contribution in [0, 0.1) is 13.8 Å². The van der Waals surface area contributed by atoms with Gasteiger partial charge in [0.15, 0.2) is 0 Å². The van der Waals surface area contributed by atoms with Crippen LogP contribution in [0.15, 0.2) is 24.3 Å². The van der Waals surface area contributed by atoms with E-state index in [1.807, 2.05) is 19.1 Å². The van der Waals surface area contributed by atoms with Crippen LogP contribution in [0.3, 0.4) is 0 Å². The molecule has 2 aromatic rings. The van der Waals surface area contributed by atoms with Crippen molar-refractivity contribution >= 4 is 17.4 Å². The summed E-state index contributed by atoms with van der Waals surface area (Å²) < 4.78 is 5.63. The molecule has 5 nitrogen and oxygen atoms in total. The molecule has 0 bridgehead atoms. The molecule has 0 radical (unpaired) electrons. The van der Waals surface area contributed by atoms with E-state index in [1.54, 1.807) is 19.1 Å². The summed E-state index contributed by atoms with van der Waals surface area (Å²) in [7, 11) is 0. The fraction of sp³-hybridized carbons (Fsp3) is 0.167. The van der Waals surface area contributed by atoms with Gasteiger partial charge in [-0.1, -0.05) is 17.7 Å². The molecule has 3 N–H and O–H groups in total. The third-order valence-corrected chi connectivity index (χ3v) is 2.58. The lowest BCUT2D eigenvalue weighted by molar-refractivity contribution is 0.460. The lowest BCUT2D eigenvalue weighted by Crippen LogP contribution is -2.09. The van der Waals surface area contributed by atoms with E-state index < -0.39 is 0 Å². The number of rotatable bonds is 3. The molecule has 6 heteroatoms. The Morgan fingerprint density at radius 2 is 2.00 bits per heavy atom. The third kappa shape index (κ3) is 2.88. The monoisotopic (exact) mass is 264 g/mol. The summed E-state index contributed by atoms with van der Waals surface area (Å²) in [5.74, 6) is 7.30. The van der Waals surface area contributed by atoms with Gasteiger partial charge in [0, 0.05) is 6.07 Å². The number of hydrazine groups is 1. The number of benzene rings is 1. The quantitative estimate of drug-likeness (QED) is 0.659. The number of nitrogens with zero attached hydrogens (tertiary/aromatic N) is 2. The minimum Gasteiger partial charge on any atom is -0.437 e. The molecule has 0 amide bonds. The first-order valence-electron chi connectivity index (χ1n) is 5.35. The number of nitrogens with one attached hydrogen (secondary N) is 1. The molecule has 1 aromatic carbocycles. The summed E-state index contributed by atoms with van der Waals surface area (Å²) in [5.41, 5.74) is 3.51. The summed E-state index contributed by atoms with van der Waals surface area (Å²) in [6, 6.07) is 7.14. The van der Waals surface area contributed by atoms with Crippen LogP contribution in [0.25, 0.3) is 0 Å². The molecule has 0 spiro atoms. The minimum atomic E-state index is 0.392. The summed E-state index contributed by atoms with van der Waals surface area (Å²) in [4.78, 5) is 8.23. The average Bonchev–Trinajstić information content (AvgIpc) is 2.33. The number of nitrogen functional groups attached to an aromatic ring is 1. The summed E-state index contributed by atoms with van der Waals surface area (Å²) in [6.45, 7) is 3.72. The predicted octanol–water partition coefficient (Wildman–Crippen LogP) is 2.82. The van der Waals surface area contributed by atoms with Crippen molar-refractivity contribution in [1.29, 1.82) is 0 Å². The topological polar surface area (TPSA) is 73.1 Å². The Hall–Kier alpha value is -1.85. The van der Waals surface area contributed by atoms with Crippen molar-refractivity contribution < 1.29 is 4.74 Å². The van der Waals surface area contributed by atoms with Crippen LogP contribution in [-0.2, 0) is 0 Å². The maximum Gasteiger partial charge on any atom is 0.224 e. The lowest BCUT2D eigenvalue weighted by Gasteiger charge is -2.09. The van der Waals surface area contributed by atoms with Crippen molar-refractivity contribution in [2.24, 2.45) is 5.84 Å². The fourth-order valence-electron chi connectivity index (χ4n) is 1.47. The second-order valence-electron chi connectivity index (χ2n) is 3.82. The molecule has 0 fully saturated rings. The van der Waals surface area contributed by atoms with Gasteiger partial charge < -0.3 is 10.2 Å². The van der Waals surface area contributed by atoms with Crippen LogP contribution in [-0.4, -0.2) is 9.97 Å². The minimum absolute atomic E-state index is 0.392. The van der Waals surface area contributed by atoms with Gasteiger partial charge >= 0.3 is 0 Å². The second kappa shape index (κ2) is 5.20. The van der Waals surface area contributed by atoms with Gasteiger partial charge in [0.2, 0.25) is 5.88 Å². The standard InChI is InChI=1S/C12H13ClN4O/c1-7-3-4-9(13)10(5-7)18-12-6-11(17-14)15-8(2)16-12/h3-6H,14H2,1-2H3,(H,15,16,17).